The van der Waals surface area contributed by atoms with Gasteiger partial charge in [0.1, 0.15) is 5.82 Å². The van der Waals surface area contributed by atoms with Gasteiger partial charge >= 0.3 is 0 Å². The lowest BCUT2D eigenvalue weighted by Gasteiger charge is -2.45. The molecule has 0 amide bonds. The molecule has 3 atom stereocenters. The minimum absolute atomic E-state index is 0.0559. The second-order valence-electron chi connectivity index (χ2n) is 9.66. The first kappa shape index (κ1) is 23.8. The van der Waals surface area contributed by atoms with Crippen molar-refractivity contribution in [3.05, 3.63) is 62.6 Å². The van der Waals surface area contributed by atoms with Gasteiger partial charge in [0.2, 0.25) is 16.6 Å². The van der Waals surface area contributed by atoms with Crippen molar-refractivity contribution in [2.24, 2.45) is 5.92 Å². The van der Waals surface area contributed by atoms with Gasteiger partial charge in [0.15, 0.2) is 11.5 Å². The van der Waals surface area contributed by atoms with Gasteiger partial charge in [-0.2, -0.15) is 4.52 Å². The molecule has 1 fully saturated rings. The summed E-state index contributed by atoms with van der Waals surface area (Å²) in [4.78, 5) is 20.8. The highest BCUT2D eigenvalue weighted by atomic mass is 32.1. The molecule has 4 aromatic rings. The van der Waals surface area contributed by atoms with Gasteiger partial charge in [-0.1, -0.05) is 17.4 Å². The quantitative estimate of drug-likeness (QED) is 0.411. The third kappa shape index (κ3) is 3.84. The summed E-state index contributed by atoms with van der Waals surface area (Å²) in [6.45, 7) is 3.99. The van der Waals surface area contributed by atoms with Gasteiger partial charge in [-0.25, -0.2) is 4.98 Å². The third-order valence-electron chi connectivity index (χ3n) is 7.43. The molecule has 6 rings (SSSR count). The number of likely N-dealkylation sites (tertiary alicyclic amines) is 1. The summed E-state index contributed by atoms with van der Waals surface area (Å²) in [5, 5.41) is 15.7. The van der Waals surface area contributed by atoms with Gasteiger partial charge in [0.25, 0.3) is 5.56 Å². The molecule has 3 aromatic heterocycles. The predicted molar refractivity (Wildman–Crippen MR) is 138 cm³/mol. The number of nitrogens with zero attached hydrogens (tertiary/aromatic N) is 5. The van der Waals surface area contributed by atoms with Crippen LogP contribution in [0.5, 0.6) is 23.1 Å². The highest BCUT2D eigenvalue weighted by Gasteiger charge is 2.40. The summed E-state index contributed by atoms with van der Waals surface area (Å²) in [6.07, 6.45) is 1.03. The maximum Gasteiger partial charge on any atom is 0.250 e. The maximum atomic E-state index is 12.6. The highest BCUT2D eigenvalue weighted by Crippen LogP contribution is 2.48. The van der Waals surface area contributed by atoms with Crippen LogP contribution in [0.2, 0.25) is 0 Å². The molecule has 0 saturated carbocycles. The zero-order valence-corrected chi connectivity index (χ0v) is 22.0. The number of methoxy groups -OCH3 is 3. The number of hydrogen-bond donors (Lipinski definition) is 1. The van der Waals surface area contributed by atoms with Crippen molar-refractivity contribution in [1.82, 2.24) is 24.1 Å². The molecule has 0 spiro atoms. The number of aryl methyl sites for hydroxylation is 1. The van der Waals surface area contributed by atoms with Gasteiger partial charge in [-0.05, 0) is 43.0 Å². The van der Waals surface area contributed by atoms with Crippen LogP contribution in [-0.4, -0.2) is 63.6 Å². The summed E-state index contributed by atoms with van der Waals surface area (Å²) in [5.74, 6) is 2.80. The Morgan fingerprint density at radius 1 is 1.08 bits per heavy atom. The Hall–Kier alpha value is -3.57. The van der Waals surface area contributed by atoms with E-state index in [0.717, 1.165) is 35.6 Å². The van der Waals surface area contributed by atoms with Crippen LogP contribution >= 0.6 is 11.3 Å². The first-order chi connectivity index (χ1) is 17.9. The number of benzene rings is 1. The molecule has 37 heavy (non-hydrogen) atoms. The first-order valence-electron chi connectivity index (χ1n) is 12.2. The second-order valence-corrected chi connectivity index (χ2v) is 10.7. The molecular weight excluding hydrogens is 494 g/mol. The Morgan fingerprint density at radius 3 is 2.51 bits per heavy atom. The van der Waals surface area contributed by atoms with E-state index in [1.807, 2.05) is 22.8 Å². The van der Waals surface area contributed by atoms with Gasteiger partial charge < -0.3 is 23.9 Å². The Kier molecular flexibility index (Phi) is 5.84. The fraction of sp³-hybridized carbons (Fsp3) is 0.423. The summed E-state index contributed by atoms with van der Waals surface area (Å²) < 4.78 is 20.3. The molecule has 2 bridgehead atoms. The maximum absolute atomic E-state index is 12.6. The number of rotatable bonds is 6. The Labute approximate surface area is 217 Å². The van der Waals surface area contributed by atoms with Crippen LogP contribution < -0.4 is 19.8 Å². The third-order valence-corrected chi connectivity index (χ3v) is 8.50. The fourth-order valence-corrected chi connectivity index (χ4v) is 7.12. The summed E-state index contributed by atoms with van der Waals surface area (Å²) in [7, 11) is 4.77. The molecule has 194 valence electrons. The van der Waals surface area contributed by atoms with Crippen molar-refractivity contribution in [2.75, 3.05) is 34.4 Å². The number of ether oxygens (including phenoxy) is 3. The van der Waals surface area contributed by atoms with Crippen molar-refractivity contribution in [1.29, 1.82) is 0 Å². The van der Waals surface area contributed by atoms with Crippen LogP contribution in [0.4, 0.5) is 0 Å². The topological polar surface area (TPSA) is 103 Å². The highest BCUT2D eigenvalue weighted by molar-refractivity contribution is 7.17. The summed E-state index contributed by atoms with van der Waals surface area (Å²) >= 11 is 1.42. The van der Waals surface area contributed by atoms with E-state index in [9.17, 15) is 9.90 Å². The van der Waals surface area contributed by atoms with Gasteiger partial charge in [-0.3, -0.25) is 9.69 Å². The van der Waals surface area contributed by atoms with E-state index >= 15 is 0 Å². The first-order valence-corrected chi connectivity index (χ1v) is 13.0. The van der Waals surface area contributed by atoms with E-state index < -0.39 is 0 Å². The molecular formula is C26H29N5O5S. The van der Waals surface area contributed by atoms with Crippen LogP contribution in [-0.2, 0) is 6.54 Å². The molecule has 3 unspecified atom stereocenters. The number of thiazole rings is 1. The van der Waals surface area contributed by atoms with E-state index in [1.165, 1.54) is 15.9 Å². The van der Waals surface area contributed by atoms with Crippen molar-refractivity contribution in [3.8, 4) is 23.1 Å². The number of piperidine rings is 1. The standard InChI is InChI=1S/C26H29N5O5S/c1-14-27-26-31(28-14)25(33)24(37-26)22(16-9-19(34-2)23(36-4)20(10-16)35-3)29-11-15-8-17(13-29)18-6-5-7-21(32)30(18)12-15/h5-7,9-10,15,17,22,33H,8,11-13H2,1-4H3. The molecule has 10 nitrogen and oxygen atoms in total. The smallest absolute Gasteiger partial charge is 0.250 e. The monoisotopic (exact) mass is 523 g/mol. The molecule has 0 aliphatic carbocycles. The zero-order valence-electron chi connectivity index (χ0n) is 21.2. The Bertz CT molecular complexity index is 1520. The molecule has 1 aromatic carbocycles. The van der Waals surface area contributed by atoms with Crippen LogP contribution in [0.3, 0.4) is 0 Å². The summed E-state index contributed by atoms with van der Waals surface area (Å²) in [5.41, 5.74) is 2.02. The molecule has 5 heterocycles. The minimum atomic E-state index is -0.310. The number of aromatic hydroxyl groups is 1. The van der Waals surface area contributed by atoms with E-state index in [2.05, 4.69) is 21.0 Å². The largest absolute Gasteiger partial charge is 0.493 e. The van der Waals surface area contributed by atoms with Crippen molar-refractivity contribution in [3.63, 3.8) is 0 Å². The van der Waals surface area contributed by atoms with E-state index in [-0.39, 0.29) is 23.4 Å². The molecule has 2 aliphatic rings. The van der Waals surface area contributed by atoms with Crippen molar-refractivity contribution in [2.45, 2.75) is 31.8 Å². The van der Waals surface area contributed by atoms with Crippen LogP contribution in [0.15, 0.2) is 35.1 Å². The van der Waals surface area contributed by atoms with E-state index in [1.54, 1.807) is 34.3 Å². The lowest BCUT2D eigenvalue weighted by molar-refractivity contribution is 0.0950. The van der Waals surface area contributed by atoms with Crippen molar-refractivity contribution < 1.29 is 19.3 Å². The van der Waals surface area contributed by atoms with Gasteiger partial charge in [-0.15, -0.1) is 5.10 Å². The minimum Gasteiger partial charge on any atom is -0.493 e. The molecule has 2 aliphatic heterocycles. The molecule has 11 heteroatoms. The number of pyridine rings is 1. The van der Waals surface area contributed by atoms with Gasteiger partial charge in [0, 0.05) is 37.3 Å². The van der Waals surface area contributed by atoms with Crippen LogP contribution in [0, 0.1) is 12.8 Å². The number of hydrogen-bond acceptors (Lipinski definition) is 9. The van der Waals surface area contributed by atoms with E-state index in [0.29, 0.717) is 40.5 Å². The Balaban J connectivity index is 1.50. The van der Waals surface area contributed by atoms with Gasteiger partial charge in [0.05, 0.1) is 32.2 Å². The normalized spacial score (nSPS) is 20.0. The lowest BCUT2D eigenvalue weighted by atomic mass is 9.82. The number of fused-ring (bicyclic) bond motifs is 5. The lowest BCUT2D eigenvalue weighted by Crippen LogP contribution is -2.48. The number of aromatic nitrogens is 4. The summed E-state index contributed by atoms with van der Waals surface area (Å²) in [6, 6.07) is 9.11. The second kappa shape index (κ2) is 9.07. The zero-order chi connectivity index (χ0) is 25.8. The SMILES string of the molecule is COc1cc(C(c2sc3nc(C)nn3c2O)N2CC3CC(C2)c2cccc(=O)n2C3)cc(OC)c1OC. The fourth-order valence-electron chi connectivity index (χ4n) is 5.96. The molecule has 1 N–H and O–H groups in total. The average molecular weight is 524 g/mol. The molecule has 0 radical (unpaired) electrons. The molecule has 1 saturated heterocycles. The Morgan fingerprint density at radius 2 is 1.84 bits per heavy atom. The average Bonchev–Trinajstić information content (AvgIpc) is 3.40. The van der Waals surface area contributed by atoms with E-state index in [4.69, 9.17) is 14.2 Å². The van der Waals surface area contributed by atoms with Crippen molar-refractivity contribution >= 4 is 16.3 Å². The van der Waals surface area contributed by atoms with Crippen LogP contribution in [0.25, 0.3) is 4.96 Å². The van der Waals surface area contributed by atoms with Crippen LogP contribution in [0.1, 0.15) is 40.3 Å². The predicted octanol–water partition coefficient (Wildman–Crippen LogP) is 3.20.